The molecule has 0 aromatic carbocycles. The number of piperidine rings is 1. The van der Waals surface area contributed by atoms with Crippen molar-refractivity contribution in [1.82, 2.24) is 9.88 Å². The highest BCUT2D eigenvalue weighted by Gasteiger charge is 2.20. The molecule has 0 spiro atoms. The number of nitrogens with zero attached hydrogens (tertiary/aromatic N) is 2. The van der Waals surface area contributed by atoms with Crippen molar-refractivity contribution >= 4 is 0 Å². The molecule has 16 heavy (non-hydrogen) atoms. The number of pyridine rings is 1. The average molecular weight is 219 g/mol. The van der Waals surface area contributed by atoms with Crippen LogP contribution in [0.5, 0.6) is 0 Å². The summed E-state index contributed by atoms with van der Waals surface area (Å²) in [7, 11) is 2.20. The summed E-state index contributed by atoms with van der Waals surface area (Å²) in [5, 5.41) is 0. The van der Waals surface area contributed by atoms with Crippen molar-refractivity contribution in [3.05, 3.63) is 29.6 Å². The zero-order valence-corrected chi connectivity index (χ0v) is 10.0. The van der Waals surface area contributed by atoms with Crippen molar-refractivity contribution in [2.24, 2.45) is 5.73 Å². The molecule has 0 radical (unpaired) electrons. The molecule has 3 nitrogen and oxygen atoms in total. The second kappa shape index (κ2) is 5.41. The third kappa shape index (κ3) is 2.60. The number of hydrogen-bond donors (Lipinski definition) is 1. The molecule has 1 saturated heterocycles. The monoisotopic (exact) mass is 219 g/mol. The number of aromatic nitrogens is 1. The molecule has 2 N–H and O–H groups in total. The van der Waals surface area contributed by atoms with E-state index in [9.17, 15) is 0 Å². The van der Waals surface area contributed by atoms with Crippen LogP contribution in [0.25, 0.3) is 0 Å². The van der Waals surface area contributed by atoms with Crippen LogP contribution in [0.4, 0.5) is 0 Å². The molecule has 1 aromatic heterocycles. The van der Waals surface area contributed by atoms with Crippen molar-refractivity contribution < 1.29 is 0 Å². The van der Waals surface area contributed by atoms with Gasteiger partial charge in [-0.1, -0.05) is 0 Å². The van der Waals surface area contributed by atoms with E-state index in [2.05, 4.69) is 23.0 Å². The standard InChI is InChI=1S/C13H21N3/c1-16-8-4-11(5-9-16)13-3-7-15-10-12(13)2-6-14/h3,7,10-11H,2,4-6,8-9,14H2,1H3. The molecule has 2 heterocycles. The molecule has 1 aliphatic heterocycles. The van der Waals surface area contributed by atoms with Crippen LogP contribution in [0.2, 0.25) is 0 Å². The molecule has 1 aliphatic rings. The first kappa shape index (κ1) is 11.6. The van der Waals surface area contributed by atoms with E-state index >= 15 is 0 Å². The fourth-order valence-electron chi connectivity index (χ4n) is 2.52. The molecule has 0 aliphatic carbocycles. The number of rotatable bonds is 3. The summed E-state index contributed by atoms with van der Waals surface area (Å²) in [6.45, 7) is 3.12. The van der Waals surface area contributed by atoms with Gasteiger partial charge in [0.25, 0.3) is 0 Å². The van der Waals surface area contributed by atoms with E-state index in [-0.39, 0.29) is 0 Å². The molecule has 1 aromatic rings. The first-order chi connectivity index (χ1) is 7.81. The molecule has 3 heteroatoms. The molecule has 2 rings (SSSR count). The molecule has 0 atom stereocenters. The number of nitrogens with two attached hydrogens (primary N) is 1. The van der Waals surface area contributed by atoms with Crippen LogP contribution in [0.15, 0.2) is 18.5 Å². The molecule has 0 unspecified atom stereocenters. The first-order valence-electron chi connectivity index (χ1n) is 6.12. The van der Waals surface area contributed by atoms with Crippen LogP contribution in [-0.2, 0) is 6.42 Å². The van der Waals surface area contributed by atoms with Gasteiger partial charge in [-0.3, -0.25) is 4.98 Å². The molecule has 88 valence electrons. The lowest BCUT2D eigenvalue weighted by molar-refractivity contribution is 0.255. The summed E-state index contributed by atoms with van der Waals surface area (Å²) in [6.07, 6.45) is 7.37. The molecule has 0 saturated carbocycles. The van der Waals surface area contributed by atoms with Gasteiger partial charge in [0.05, 0.1) is 0 Å². The first-order valence-corrected chi connectivity index (χ1v) is 6.12. The Labute approximate surface area is 97.7 Å². The van der Waals surface area contributed by atoms with E-state index in [1.165, 1.54) is 37.1 Å². The Morgan fingerprint density at radius 1 is 1.44 bits per heavy atom. The van der Waals surface area contributed by atoms with Crippen molar-refractivity contribution in [2.45, 2.75) is 25.2 Å². The molecule has 1 fully saturated rings. The Bertz CT molecular complexity index is 330. The Morgan fingerprint density at radius 2 is 2.19 bits per heavy atom. The third-order valence-electron chi connectivity index (χ3n) is 3.51. The minimum Gasteiger partial charge on any atom is -0.330 e. The highest BCUT2D eigenvalue weighted by atomic mass is 15.1. The zero-order valence-electron chi connectivity index (χ0n) is 10.0. The SMILES string of the molecule is CN1CCC(c2ccncc2CCN)CC1. The van der Waals surface area contributed by atoms with Crippen molar-refractivity contribution in [2.75, 3.05) is 26.7 Å². The highest BCUT2D eigenvalue weighted by molar-refractivity contribution is 5.28. The van der Waals surface area contributed by atoms with Gasteiger partial charge in [0.15, 0.2) is 0 Å². The highest BCUT2D eigenvalue weighted by Crippen LogP contribution is 2.29. The van der Waals surface area contributed by atoms with Crippen molar-refractivity contribution in [3.63, 3.8) is 0 Å². The maximum Gasteiger partial charge on any atom is 0.0303 e. The van der Waals surface area contributed by atoms with Gasteiger partial charge in [0.1, 0.15) is 0 Å². The van der Waals surface area contributed by atoms with E-state index in [1.54, 1.807) is 0 Å². The van der Waals surface area contributed by atoms with Gasteiger partial charge in [0, 0.05) is 12.4 Å². The predicted octanol–water partition coefficient (Wildman–Crippen LogP) is 1.39. The maximum atomic E-state index is 5.65. The summed E-state index contributed by atoms with van der Waals surface area (Å²) in [5.41, 5.74) is 8.47. The maximum absolute atomic E-state index is 5.65. The van der Waals surface area contributed by atoms with Crippen LogP contribution in [-0.4, -0.2) is 36.6 Å². The summed E-state index contributed by atoms with van der Waals surface area (Å²) >= 11 is 0. The molecular weight excluding hydrogens is 198 g/mol. The Balaban J connectivity index is 2.13. The Hall–Kier alpha value is -0.930. The van der Waals surface area contributed by atoms with E-state index in [0.717, 1.165) is 6.42 Å². The summed E-state index contributed by atoms with van der Waals surface area (Å²) in [4.78, 5) is 6.61. The van der Waals surface area contributed by atoms with Crippen LogP contribution in [0.3, 0.4) is 0 Å². The van der Waals surface area contributed by atoms with Crippen LogP contribution in [0, 0.1) is 0 Å². The predicted molar refractivity (Wildman–Crippen MR) is 66.5 cm³/mol. The average Bonchev–Trinajstić information content (AvgIpc) is 2.32. The van der Waals surface area contributed by atoms with Crippen molar-refractivity contribution in [3.8, 4) is 0 Å². The number of likely N-dealkylation sites (tertiary alicyclic amines) is 1. The Morgan fingerprint density at radius 3 is 2.88 bits per heavy atom. The van der Waals surface area contributed by atoms with E-state index in [1.807, 2.05) is 12.4 Å². The zero-order chi connectivity index (χ0) is 11.4. The van der Waals surface area contributed by atoms with Crippen molar-refractivity contribution in [1.29, 1.82) is 0 Å². The summed E-state index contributed by atoms with van der Waals surface area (Å²) in [5.74, 6) is 0.709. The Kier molecular flexibility index (Phi) is 3.91. The van der Waals surface area contributed by atoms with Crippen LogP contribution >= 0.6 is 0 Å². The van der Waals surface area contributed by atoms with Gasteiger partial charge < -0.3 is 10.6 Å². The fraction of sp³-hybridized carbons (Fsp3) is 0.615. The lowest BCUT2D eigenvalue weighted by atomic mass is 9.87. The van der Waals surface area contributed by atoms with Gasteiger partial charge in [-0.2, -0.15) is 0 Å². The van der Waals surface area contributed by atoms with Crippen LogP contribution in [0.1, 0.15) is 29.9 Å². The van der Waals surface area contributed by atoms with E-state index < -0.39 is 0 Å². The van der Waals surface area contributed by atoms with E-state index in [4.69, 9.17) is 5.73 Å². The minimum absolute atomic E-state index is 0.709. The van der Waals surface area contributed by atoms with Gasteiger partial charge in [-0.25, -0.2) is 0 Å². The van der Waals surface area contributed by atoms with E-state index in [0.29, 0.717) is 12.5 Å². The minimum atomic E-state index is 0.709. The largest absolute Gasteiger partial charge is 0.330 e. The summed E-state index contributed by atoms with van der Waals surface area (Å²) in [6, 6.07) is 2.18. The molecule has 0 amide bonds. The quantitative estimate of drug-likeness (QED) is 0.835. The second-order valence-electron chi connectivity index (χ2n) is 4.69. The topological polar surface area (TPSA) is 42.2 Å². The smallest absolute Gasteiger partial charge is 0.0303 e. The van der Waals surface area contributed by atoms with Gasteiger partial charge in [-0.05, 0) is 69.1 Å². The normalized spacial score (nSPS) is 18.9. The molecule has 0 bridgehead atoms. The van der Waals surface area contributed by atoms with Crippen LogP contribution < -0.4 is 5.73 Å². The second-order valence-corrected chi connectivity index (χ2v) is 4.69. The fourth-order valence-corrected chi connectivity index (χ4v) is 2.52. The third-order valence-corrected chi connectivity index (χ3v) is 3.51. The van der Waals surface area contributed by atoms with Gasteiger partial charge in [0.2, 0.25) is 0 Å². The number of hydrogen-bond acceptors (Lipinski definition) is 3. The molecular formula is C13H21N3. The summed E-state index contributed by atoms with van der Waals surface area (Å²) < 4.78 is 0. The van der Waals surface area contributed by atoms with Gasteiger partial charge in [-0.15, -0.1) is 0 Å². The lowest BCUT2D eigenvalue weighted by Crippen LogP contribution is -2.29. The van der Waals surface area contributed by atoms with Gasteiger partial charge >= 0.3 is 0 Å². The lowest BCUT2D eigenvalue weighted by Gasteiger charge is -2.30.